The number of phenols is 1. The highest BCUT2D eigenvalue weighted by molar-refractivity contribution is 7.92. The number of carbonyl (C=O) groups excluding carboxylic acids is 1. The number of hydrogen-bond donors (Lipinski definition) is 3. The van der Waals surface area contributed by atoms with Gasteiger partial charge >= 0.3 is 0 Å². The molecule has 6 nitrogen and oxygen atoms in total. The lowest BCUT2D eigenvalue weighted by Gasteiger charge is -2.19. The Bertz CT molecular complexity index is 899. The number of nitrogens with one attached hydrogen (secondary N) is 2. The van der Waals surface area contributed by atoms with E-state index in [0.29, 0.717) is 5.69 Å². The second kappa shape index (κ2) is 7.97. The summed E-state index contributed by atoms with van der Waals surface area (Å²) in [5.41, 5.74) is 1.26. The summed E-state index contributed by atoms with van der Waals surface area (Å²) < 4.78 is 23.7. The van der Waals surface area contributed by atoms with Gasteiger partial charge in [0.25, 0.3) is 0 Å². The molecule has 0 bridgehead atoms. The zero-order valence-corrected chi connectivity index (χ0v) is 16.2. The van der Waals surface area contributed by atoms with Crippen molar-refractivity contribution in [1.29, 1.82) is 0 Å². The predicted octanol–water partition coefficient (Wildman–Crippen LogP) is 3.80. The molecule has 0 saturated carbocycles. The van der Waals surface area contributed by atoms with Crippen molar-refractivity contribution in [2.24, 2.45) is 5.92 Å². The molecule has 1 amide bonds. The zero-order valence-electron chi connectivity index (χ0n) is 14.7. The fraction of sp³-hybridized carbons (Fsp3) is 0.278. The van der Waals surface area contributed by atoms with Crippen molar-refractivity contribution in [1.82, 2.24) is 0 Å². The van der Waals surface area contributed by atoms with Gasteiger partial charge in [-0.3, -0.25) is 4.79 Å². The molecule has 140 valence electrons. The molecule has 0 saturated heterocycles. The fourth-order valence-electron chi connectivity index (χ4n) is 2.63. The van der Waals surface area contributed by atoms with Crippen molar-refractivity contribution < 1.29 is 18.3 Å². The largest absolute Gasteiger partial charge is 0.506 e. The van der Waals surface area contributed by atoms with Gasteiger partial charge < -0.3 is 15.7 Å². The SMILES string of the molecule is CC(C)C(C(=O)Nc1cc(O)c(Nc2ccccc2)cc1Cl)S(C)(=O)=O. The summed E-state index contributed by atoms with van der Waals surface area (Å²) in [6.45, 7) is 3.30. The van der Waals surface area contributed by atoms with Gasteiger partial charge in [-0.25, -0.2) is 8.42 Å². The number of carbonyl (C=O) groups is 1. The molecule has 2 aromatic carbocycles. The van der Waals surface area contributed by atoms with Gasteiger partial charge in [-0.2, -0.15) is 0 Å². The Kier molecular flexibility index (Phi) is 6.15. The highest BCUT2D eigenvalue weighted by Gasteiger charge is 2.32. The molecule has 0 aliphatic rings. The summed E-state index contributed by atoms with van der Waals surface area (Å²) in [4.78, 5) is 12.4. The third-order valence-electron chi connectivity index (χ3n) is 3.72. The van der Waals surface area contributed by atoms with Crippen molar-refractivity contribution >= 4 is 44.4 Å². The van der Waals surface area contributed by atoms with Crippen LogP contribution in [0.25, 0.3) is 0 Å². The molecule has 0 aliphatic carbocycles. The van der Waals surface area contributed by atoms with Crippen molar-refractivity contribution in [3.05, 3.63) is 47.5 Å². The minimum Gasteiger partial charge on any atom is -0.506 e. The van der Waals surface area contributed by atoms with Crippen LogP contribution < -0.4 is 10.6 Å². The number of phenolic OH excluding ortho intramolecular Hbond substituents is 1. The van der Waals surface area contributed by atoms with Gasteiger partial charge in [0.1, 0.15) is 11.0 Å². The molecular formula is C18H21ClN2O4S. The first kappa shape index (κ1) is 20.1. The lowest BCUT2D eigenvalue weighted by Crippen LogP contribution is -2.38. The van der Waals surface area contributed by atoms with Crippen LogP contribution in [0.2, 0.25) is 5.02 Å². The maximum atomic E-state index is 12.4. The van der Waals surface area contributed by atoms with E-state index >= 15 is 0 Å². The lowest BCUT2D eigenvalue weighted by molar-refractivity contribution is -0.116. The van der Waals surface area contributed by atoms with E-state index in [1.807, 2.05) is 30.3 Å². The van der Waals surface area contributed by atoms with Gasteiger partial charge in [0.15, 0.2) is 9.84 Å². The van der Waals surface area contributed by atoms with Crippen LogP contribution in [0, 0.1) is 5.92 Å². The van der Waals surface area contributed by atoms with Gasteiger partial charge in [0, 0.05) is 18.0 Å². The summed E-state index contributed by atoms with van der Waals surface area (Å²) in [5.74, 6) is -1.22. The second-order valence-corrected chi connectivity index (χ2v) is 8.90. The molecule has 0 heterocycles. The average Bonchev–Trinajstić information content (AvgIpc) is 2.51. The number of benzene rings is 2. The van der Waals surface area contributed by atoms with E-state index in [2.05, 4.69) is 10.6 Å². The minimum atomic E-state index is -3.59. The van der Waals surface area contributed by atoms with Crippen molar-refractivity contribution in [3.63, 3.8) is 0 Å². The first-order valence-corrected chi connectivity index (χ1v) is 10.3. The number of rotatable bonds is 6. The lowest BCUT2D eigenvalue weighted by atomic mass is 10.1. The van der Waals surface area contributed by atoms with Crippen LogP contribution in [-0.4, -0.2) is 30.9 Å². The predicted molar refractivity (Wildman–Crippen MR) is 105 cm³/mol. The topological polar surface area (TPSA) is 95.5 Å². The monoisotopic (exact) mass is 396 g/mol. The van der Waals surface area contributed by atoms with Crippen molar-refractivity contribution in [2.75, 3.05) is 16.9 Å². The second-order valence-electron chi connectivity index (χ2n) is 6.32. The minimum absolute atomic E-state index is 0.131. The number of sulfone groups is 1. The number of halogens is 1. The van der Waals surface area contributed by atoms with Crippen LogP contribution in [0.5, 0.6) is 5.75 Å². The number of amides is 1. The Labute approximate surface area is 158 Å². The average molecular weight is 397 g/mol. The van der Waals surface area contributed by atoms with E-state index in [9.17, 15) is 18.3 Å². The van der Waals surface area contributed by atoms with Crippen LogP contribution in [0.3, 0.4) is 0 Å². The number of aromatic hydroxyl groups is 1. The summed E-state index contributed by atoms with van der Waals surface area (Å²) in [6.07, 6.45) is 1.02. The first-order valence-electron chi connectivity index (χ1n) is 7.94. The smallest absolute Gasteiger partial charge is 0.243 e. The van der Waals surface area contributed by atoms with Crippen LogP contribution in [0.1, 0.15) is 13.8 Å². The fourth-order valence-corrected chi connectivity index (χ4v) is 4.28. The first-order chi connectivity index (χ1) is 12.1. The summed E-state index contributed by atoms with van der Waals surface area (Å²) in [7, 11) is -3.59. The van der Waals surface area contributed by atoms with Gasteiger partial charge in [-0.05, 0) is 24.1 Å². The molecule has 0 radical (unpaired) electrons. The van der Waals surface area contributed by atoms with Crippen LogP contribution >= 0.6 is 11.6 Å². The molecule has 0 aromatic heterocycles. The van der Waals surface area contributed by atoms with Gasteiger partial charge in [0.05, 0.1) is 16.4 Å². The molecular weight excluding hydrogens is 376 g/mol. The van der Waals surface area contributed by atoms with Gasteiger partial charge in [-0.1, -0.05) is 43.6 Å². The molecule has 0 fully saturated rings. The molecule has 8 heteroatoms. The van der Waals surface area contributed by atoms with Crippen LogP contribution in [-0.2, 0) is 14.6 Å². The maximum Gasteiger partial charge on any atom is 0.243 e. The van der Waals surface area contributed by atoms with Crippen molar-refractivity contribution in [2.45, 2.75) is 19.1 Å². The highest BCUT2D eigenvalue weighted by atomic mass is 35.5. The summed E-state index contributed by atoms with van der Waals surface area (Å²) in [6, 6.07) is 11.9. The van der Waals surface area contributed by atoms with E-state index < -0.39 is 26.9 Å². The molecule has 2 aromatic rings. The van der Waals surface area contributed by atoms with Crippen LogP contribution in [0.15, 0.2) is 42.5 Å². The third kappa shape index (κ3) is 4.89. The quantitative estimate of drug-likeness (QED) is 0.645. The zero-order chi connectivity index (χ0) is 19.5. The van der Waals surface area contributed by atoms with E-state index in [4.69, 9.17) is 11.6 Å². The Morgan fingerprint density at radius 1 is 1.12 bits per heavy atom. The highest BCUT2D eigenvalue weighted by Crippen LogP contribution is 2.35. The number of hydrogen-bond acceptors (Lipinski definition) is 5. The maximum absolute atomic E-state index is 12.4. The Morgan fingerprint density at radius 2 is 1.73 bits per heavy atom. The third-order valence-corrected chi connectivity index (χ3v) is 5.71. The standard InChI is InChI=1S/C18H21ClN2O4S/c1-11(2)17(26(3,24)25)18(23)21-14-10-16(22)15(9-13(14)19)20-12-7-5-4-6-8-12/h4-11,17,20,22H,1-3H3,(H,21,23). The summed E-state index contributed by atoms with van der Waals surface area (Å²) in [5, 5.41) is 14.7. The summed E-state index contributed by atoms with van der Waals surface area (Å²) >= 11 is 6.19. The Balaban J connectivity index is 2.26. The Hall–Kier alpha value is -2.25. The van der Waals surface area contributed by atoms with E-state index in [1.165, 1.54) is 12.1 Å². The van der Waals surface area contributed by atoms with E-state index in [-0.39, 0.29) is 16.5 Å². The molecule has 26 heavy (non-hydrogen) atoms. The molecule has 2 rings (SSSR count). The van der Waals surface area contributed by atoms with Crippen LogP contribution in [0.4, 0.5) is 17.1 Å². The van der Waals surface area contributed by atoms with E-state index in [1.54, 1.807) is 13.8 Å². The van der Waals surface area contributed by atoms with Crippen molar-refractivity contribution in [3.8, 4) is 5.75 Å². The molecule has 0 aliphatic heterocycles. The normalized spacial score (nSPS) is 12.7. The van der Waals surface area contributed by atoms with Gasteiger partial charge in [0.2, 0.25) is 5.91 Å². The molecule has 1 unspecified atom stereocenters. The van der Waals surface area contributed by atoms with E-state index in [0.717, 1.165) is 11.9 Å². The number of para-hydroxylation sites is 1. The molecule has 0 spiro atoms. The number of anilines is 3. The molecule has 1 atom stereocenters. The van der Waals surface area contributed by atoms with Gasteiger partial charge in [-0.15, -0.1) is 0 Å². The molecule has 3 N–H and O–H groups in total. The Morgan fingerprint density at radius 3 is 2.27 bits per heavy atom.